The van der Waals surface area contributed by atoms with Crippen LogP contribution in [0.2, 0.25) is 0 Å². The molecule has 0 bridgehead atoms. The van der Waals surface area contributed by atoms with Gasteiger partial charge in [0.05, 0.1) is 0 Å². The first-order valence-corrected chi connectivity index (χ1v) is 8.39. The number of benzene rings is 1. The highest BCUT2D eigenvalue weighted by atomic mass is 16.2. The molecule has 1 heterocycles. The molecule has 3 amide bonds. The summed E-state index contributed by atoms with van der Waals surface area (Å²) in [7, 11) is 0. The maximum absolute atomic E-state index is 12.8. The highest BCUT2D eigenvalue weighted by Gasteiger charge is 2.24. The zero-order chi connectivity index (χ0) is 17.9. The molecule has 0 aliphatic carbocycles. The van der Waals surface area contributed by atoms with Crippen LogP contribution in [0.25, 0.3) is 0 Å². The van der Waals surface area contributed by atoms with E-state index < -0.39 is 0 Å². The van der Waals surface area contributed by atoms with Crippen LogP contribution in [-0.4, -0.2) is 48.1 Å². The van der Waals surface area contributed by atoms with Crippen molar-refractivity contribution in [2.75, 3.05) is 25.0 Å². The second-order valence-corrected chi connectivity index (χ2v) is 7.41. The van der Waals surface area contributed by atoms with Crippen LogP contribution in [0.1, 0.15) is 43.6 Å². The van der Waals surface area contributed by atoms with Gasteiger partial charge in [0.15, 0.2) is 0 Å². The van der Waals surface area contributed by atoms with E-state index in [4.69, 9.17) is 0 Å². The zero-order valence-corrected chi connectivity index (χ0v) is 15.2. The van der Waals surface area contributed by atoms with Gasteiger partial charge >= 0.3 is 6.03 Å². The van der Waals surface area contributed by atoms with Crippen LogP contribution in [0.3, 0.4) is 0 Å². The van der Waals surface area contributed by atoms with Gasteiger partial charge in [0.25, 0.3) is 5.91 Å². The van der Waals surface area contributed by atoms with Crippen molar-refractivity contribution in [2.24, 2.45) is 0 Å². The highest BCUT2D eigenvalue weighted by molar-refractivity contribution is 5.97. The Bertz CT molecular complexity index is 622. The Morgan fingerprint density at radius 1 is 1.29 bits per heavy atom. The fraction of sp³-hybridized carbons (Fsp3) is 0.556. The van der Waals surface area contributed by atoms with Gasteiger partial charge in [0.1, 0.15) is 0 Å². The van der Waals surface area contributed by atoms with Crippen molar-refractivity contribution in [1.29, 1.82) is 0 Å². The van der Waals surface area contributed by atoms with E-state index >= 15 is 0 Å². The largest absolute Gasteiger partial charge is 0.333 e. The summed E-state index contributed by atoms with van der Waals surface area (Å²) in [6, 6.07) is 5.33. The zero-order valence-electron chi connectivity index (χ0n) is 15.2. The molecule has 1 aliphatic rings. The van der Waals surface area contributed by atoms with Gasteiger partial charge in [-0.2, -0.15) is 0 Å². The first-order chi connectivity index (χ1) is 11.2. The van der Waals surface area contributed by atoms with Gasteiger partial charge in [0, 0.05) is 42.5 Å². The van der Waals surface area contributed by atoms with Gasteiger partial charge in [-0.3, -0.25) is 4.79 Å². The monoisotopic (exact) mass is 332 g/mol. The number of hydrogen-bond acceptors (Lipinski definition) is 3. The second kappa shape index (κ2) is 7.21. The molecule has 1 aromatic carbocycles. The molecular formula is C18H28N4O2. The van der Waals surface area contributed by atoms with Gasteiger partial charge < -0.3 is 20.9 Å². The summed E-state index contributed by atoms with van der Waals surface area (Å²) in [4.78, 5) is 26.7. The number of urea groups is 1. The maximum Gasteiger partial charge on any atom is 0.319 e. The molecule has 1 saturated heterocycles. The number of anilines is 1. The van der Waals surface area contributed by atoms with Crippen molar-refractivity contribution in [2.45, 2.75) is 46.2 Å². The molecule has 0 aromatic heterocycles. The molecule has 2 rings (SSSR count). The first-order valence-electron chi connectivity index (χ1n) is 8.39. The number of aryl methyl sites for hydroxylation is 1. The van der Waals surface area contributed by atoms with E-state index in [1.165, 1.54) is 0 Å². The van der Waals surface area contributed by atoms with Gasteiger partial charge in [-0.1, -0.05) is 6.07 Å². The summed E-state index contributed by atoms with van der Waals surface area (Å²) >= 11 is 0. The minimum Gasteiger partial charge on any atom is -0.333 e. The van der Waals surface area contributed by atoms with Crippen LogP contribution in [-0.2, 0) is 0 Å². The Labute approximate surface area is 144 Å². The van der Waals surface area contributed by atoms with Crippen LogP contribution in [0.15, 0.2) is 18.2 Å². The quantitative estimate of drug-likeness (QED) is 0.778. The van der Waals surface area contributed by atoms with E-state index in [1.807, 2.05) is 51.7 Å². The molecule has 24 heavy (non-hydrogen) atoms. The summed E-state index contributed by atoms with van der Waals surface area (Å²) in [5.74, 6) is 0.00304. The molecule has 132 valence electrons. The Morgan fingerprint density at radius 2 is 2.00 bits per heavy atom. The van der Waals surface area contributed by atoms with Crippen LogP contribution in [0, 0.1) is 6.92 Å². The lowest BCUT2D eigenvalue weighted by Crippen LogP contribution is -2.52. The molecular weight excluding hydrogens is 304 g/mol. The third kappa shape index (κ3) is 4.71. The fourth-order valence-electron chi connectivity index (χ4n) is 2.69. The number of amides is 3. The minimum atomic E-state index is -0.318. The summed E-state index contributed by atoms with van der Waals surface area (Å²) < 4.78 is 0. The average molecular weight is 332 g/mol. The van der Waals surface area contributed by atoms with Gasteiger partial charge in [-0.25, -0.2) is 4.79 Å². The summed E-state index contributed by atoms with van der Waals surface area (Å²) in [5, 5.41) is 8.98. The van der Waals surface area contributed by atoms with Crippen LogP contribution < -0.4 is 16.0 Å². The van der Waals surface area contributed by atoms with E-state index in [0.29, 0.717) is 17.8 Å². The predicted molar refractivity (Wildman–Crippen MR) is 96.5 cm³/mol. The predicted octanol–water partition coefficient (Wildman–Crippen LogP) is 2.35. The number of nitrogens with zero attached hydrogens (tertiary/aromatic N) is 1. The van der Waals surface area contributed by atoms with Crippen molar-refractivity contribution < 1.29 is 9.59 Å². The fourth-order valence-corrected chi connectivity index (χ4v) is 2.69. The molecule has 1 fully saturated rings. The Balaban J connectivity index is 2.15. The first kappa shape index (κ1) is 18.3. The third-order valence-electron chi connectivity index (χ3n) is 3.98. The van der Waals surface area contributed by atoms with E-state index in [2.05, 4.69) is 16.0 Å². The lowest BCUT2D eigenvalue weighted by molar-refractivity contribution is 0.0655. The second-order valence-electron chi connectivity index (χ2n) is 7.41. The smallest absolute Gasteiger partial charge is 0.319 e. The van der Waals surface area contributed by atoms with E-state index in [9.17, 15) is 9.59 Å². The normalized spacial score (nSPS) is 18.2. The molecule has 0 unspecified atom stereocenters. The number of nitrogens with one attached hydrogen (secondary N) is 3. The molecule has 3 N–H and O–H groups in total. The summed E-state index contributed by atoms with van der Waals surface area (Å²) in [6.45, 7) is 12.0. The highest BCUT2D eigenvalue weighted by Crippen LogP contribution is 2.19. The van der Waals surface area contributed by atoms with Gasteiger partial charge in [-0.05, 0) is 52.3 Å². The Kier molecular flexibility index (Phi) is 5.49. The lowest BCUT2D eigenvalue weighted by Gasteiger charge is -2.34. The third-order valence-corrected chi connectivity index (χ3v) is 3.98. The van der Waals surface area contributed by atoms with Crippen molar-refractivity contribution in [3.05, 3.63) is 29.3 Å². The van der Waals surface area contributed by atoms with Crippen molar-refractivity contribution in [1.82, 2.24) is 15.5 Å². The molecule has 6 nitrogen and oxygen atoms in total. The topological polar surface area (TPSA) is 73.5 Å². The van der Waals surface area contributed by atoms with Gasteiger partial charge in [-0.15, -0.1) is 0 Å². The number of piperazine rings is 1. The summed E-state index contributed by atoms with van der Waals surface area (Å²) in [5.41, 5.74) is 1.86. The van der Waals surface area contributed by atoms with Crippen molar-refractivity contribution in [3.63, 3.8) is 0 Å². The Morgan fingerprint density at radius 3 is 2.62 bits per heavy atom. The SMILES string of the molecule is Cc1ccc(C(=O)N2CCNC[C@H]2C)cc1NC(=O)NC(C)(C)C. The molecule has 0 spiro atoms. The molecule has 1 aliphatic heterocycles. The summed E-state index contributed by atoms with van der Waals surface area (Å²) in [6.07, 6.45) is 0. The standard InChI is InChI=1S/C18H28N4O2/c1-12-6-7-14(16(23)22-9-8-19-11-13(22)2)10-15(12)20-17(24)21-18(3,4)5/h6-7,10,13,19H,8-9,11H2,1-5H3,(H2,20,21,24)/t13-/m1/s1. The van der Waals surface area contributed by atoms with Crippen LogP contribution in [0.5, 0.6) is 0 Å². The molecule has 0 radical (unpaired) electrons. The Hall–Kier alpha value is -2.08. The number of hydrogen-bond donors (Lipinski definition) is 3. The molecule has 0 saturated carbocycles. The van der Waals surface area contributed by atoms with Crippen molar-refractivity contribution in [3.8, 4) is 0 Å². The average Bonchev–Trinajstić information content (AvgIpc) is 2.47. The lowest BCUT2D eigenvalue weighted by atomic mass is 10.1. The maximum atomic E-state index is 12.8. The number of carbonyl (C=O) groups excluding carboxylic acids is 2. The minimum absolute atomic E-state index is 0.00304. The number of rotatable bonds is 2. The molecule has 1 atom stereocenters. The van der Waals surface area contributed by atoms with E-state index in [1.54, 1.807) is 6.07 Å². The van der Waals surface area contributed by atoms with Gasteiger partial charge in [0.2, 0.25) is 0 Å². The van der Waals surface area contributed by atoms with Crippen molar-refractivity contribution >= 4 is 17.6 Å². The molecule has 1 aromatic rings. The number of carbonyl (C=O) groups is 2. The van der Waals surface area contributed by atoms with E-state index in [0.717, 1.165) is 18.7 Å². The molecule has 6 heteroatoms. The van der Waals surface area contributed by atoms with E-state index in [-0.39, 0.29) is 23.5 Å². The van der Waals surface area contributed by atoms with Crippen LogP contribution >= 0.6 is 0 Å². The van der Waals surface area contributed by atoms with Crippen LogP contribution in [0.4, 0.5) is 10.5 Å².